The Labute approximate surface area is 131 Å². The third kappa shape index (κ3) is 5.88. The number of hydrogen-bond acceptors (Lipinski definition) is 4. The molecule has 6 heteroatoms. The molecule has 1 atom stereocenters. The van der Waals surface area contributed by atoms with E-state index < -0.39 is 12.0 Å². The fourth-order valence-corrected chi connectivity index (χ4v) is 2.95. The third-order valence-electron chi connectivity index (χ3n) is 2.50. The molecule has 110 valence electrons. The number of ether oxygens (including phenoxy) is 1. The van der Waals surface area contributed by atoms with Gasteiger partial charge in [-0.05, 0) is 46.5 Å². The first-order valence-electron chi connectivity index (χ1n) is 6.24. The van der Waals surface area contributed by atoms with Crippen LogP contribution in [0.15, 0.2) is 22.0 Å². The number of methoxy groups -OCH3 is 1. The first kappa shape index (κ1) is 16.9. The average molecular weight is 360 g/mol. The van der Waals surface area contributed by atoms with Crippen molar-refractivity contribution in [2.45, 2.75) is 26.3 Å². The Balaban J connectivity index is 2.61. The summed E-state index contributed by atoms with van der Waals surface area (Å²) in [6, 6.07) is 3.22. The smallest absolute Gasteiger partial charge is 0.328 e. The summed E-state index contributed by atoms with van der Waals surface area (Å²) in [5.41, 5.74) is 0. The van der Waals surface area contributed by atoms with Gasteiger partial charge in [0.25, 0.3) is 0 Å². The highest BCUT2D eigenvalue weighted by molar-refractivity contribution is 9.11. The molecule has 0 unspecified atom stereocenters. The lowest BCUT2D eigenvalue weighted by molar-refractivity contribution is -0.145. The van der Waals surface area contributed by atoms with E-state index in [2.05, 4.69) is 21.2 Å². The molecule has 1 rings (SSSR count). The van der Waals surface area contributed by atoms with Crippen molar-refractivity contribution in [2.24, 2.45) is 5.92 Å². The maximum Gasteiger partial charge on any atom is 0.328 e. The quantitative estimate of drug-likeness (QED) is 0.626. The molecule has 0 spiro atoms. The van der Waals surface area contributed by atoms with Crippen molar-refractivity contribution in [3.05, 3.63) is 26.9 Å². The van der Waals surface area contributed by atoms with Crippen LogP contribution in [-0.2, 0) is 14.3 Å². The van der Waals surface area contributed by atoms with E-state index in [0.717, 1.165) is 8.66 Å². The lowest BCUT2D eigenvalue weighted by Gasteiger charge is -2.17. The van der Waals surface area contributed by atoms with Gasteiger partial charge in [-0.25, -0.2) is 4.79 Å². The average Bonchev–Trinajstić information content (AvgIpc) is 2.80. The van der Waals surface area contributed by atoms with Gasteiger partial charge in [-0.2, -0.15) is 0 Å². The van der Waals surface area contributed by atoms with Gasteiger partial charge >= 0.3 is 5.97 Å². The summed E-state index contributed by atoms with van der Waals surface area (Å²) in [6.07, 6.45) is 3.69. The molecule has 0 fully saturated rings. The molecular weight excluding hydrogens is 342 g/mol. The molecule has 0 bridgehead atoms. The Hall–Kier alpha value is -1.14. The Morgan fingerprint density at radius 3 is 2.65 bits per heavy atom. The first-order valence-corrected chi connectivity index (χ1v) is 7.85. The Bertz CT molecular complexity index is 496. The number of hydrogen-bond donors (Lipinski definition) is 1. The molecule has 0 aliphatic heterocycles. The van der Waals surface area contributed by atoms with Crippen LogP contribution in [0.2, 0.25) is 0 Å². The van der Waals surface area contributed by atoms with Crippen LogP contribution in [0, 0.1) is 5.92 Å². The van der Waals surface area contributed by atoms with Gasteiger partial charge in [0.05, 0.1) is 10.9 Å². The van der Waals surface area contributed by atoms with Gasteiger partial charge in [0, 0.05) is 11.0 Å². The van der Waals surface area contributed by atoms with E-state index in [1.54, 1.807) is 6.08 Å². The molecule has 1 aromatic heterocycles. The molecule has 1 amide bonds. The predicted molar refractivity (Wildman–Crippen MR) is 84.5 cm³/mol. The Morgan fingerprint density at radius 2 is 2.15 bits per heavy atom. The number of esters is 1. The molecule has 0 saturated heterocycles. The van der Waals surface area contributed by atoms with Crippen LogP contribution >= 0.6 is 27.3 Å². The number of carbonyl (C=O) groups is 2. The Kier molecular flexibility index (Phi) is 6.95. The van der Waals surface area contributed by atoms with E-state index in [-0.39, 0.29) is 11.8 Å². The molecule has 0 radical (unpaired) electrons. The summed E-state index contributed by atoms with van der Waals surface area (Å²) in [5, 5.41) is 2.67. The van der Waals surface area contributed by atoms with Gasteiger partial charge in [-0.15, -0.1) is 11.3 Å². The van der Waals surface area contributed by atoms with Crippen molar-refractivity contribution >= 4 is 45.2 Å². The SMILES string of the molecule is COC(=O)[C@@H](CC(C)C)NC(=O)/C=C/c1ccc(Br)s1. The van der Waals surface area contributed by atoms with E-state index >= 15 is 0 Å². The molecule has 0 aliphatic rings. The number of amides is 1. The number of nitrogens with one attached hydrogen (secondary N) is 1. The minimum absolute atomic E-state index is 0.289. The van der Waals surface area contributed by atoms with Crippen molar-refractivity contribution in [3.63, 3.8) is 0 Å². The molecule has 1 N–H and O–H groups in total. The van der Waals surface area contributed by atoms with Crippen LogP contribution < -0.4 is 5.32 Å². The number of thiophene rings is 1. The second kappa shape index (κ2) is 8.21. The summed E-state index contributed by atoms with van der Waals surface area (Å²) >= 11 is 4.89. The van der Waals surface area contributed by atoms with Gasteiger partial charge in [0.15, 0.2) is 0 Å². The van der Waals surface area contributed by atoms with Crippen molar-refractivity contribution < 1.29 is 14.3 Å². The largest absolute Gasteiger partial charge is 0.467 e. The van der Waals surface area contributed by atoms with Crippen LogP contribution in [0.3, 0.4) is 0 Å². The lowest BCUT2D eigenvalue weighted by Crippen LogP contribution is -2.41. The lowest BCUT2D eigenvalue weighted by atomic mass is 10.0. The zero-order valence-electron chi connectivity index (χ0n) is 11.7. The number of rotatable bonds is 6. The van der Waals surface area contributed by atoms with Gasteiger partial charge in [-0.1, -0.05) is 13.8 Å². The second-order valence-electron chi connectivity index (χ2n) is 4.69. The molecule has 0 aliphatic carbocycles. The molecule has 1 heterocycles. The van der Waals surface area contributed by atoms with Gasteiger partial charge in [0.1, 0.15) is 6.04 Å². The van der Waals surface area contributed by atoms with Crippen molar-refractivity contribution in [2.75, 3.05) is 7.11 Å². The van der Waals surface area contributed by atoms with Crippen LogP contribution in [0.5, 0.6) is 0 Å². The molecule has 4 nitrogen and oxygen atoms in total. The Morgan fingerprint density at radius 1 is 1.45 bits per heavy atom. The standard InChI is InChI=1S/C14H18BrNO3S/c1-9(2)8-11(14(18)19-3)16-13(17)7-5-10-4-6-12(15)20-10/h4-7,9,11H,8H2,1-3H3,(H,16,17)/b7-5+/t11-/m1/s1. The van der Waals surface area contributed by atoms with Gasteiger partial charge in [-0.3, -0.25) is 4.79 Å². The second-order valence-corrected chi connectivity index (χ2v) is 7.18. The summed E-state index contributed by atoms with van der Waals surface area (Å²) < 4.78 is 5.70. The maximum atomic E-state index is 11.8. The van der Waals surface area contributed by atoms with Crippen molar-refractivity contribution in [1.82, 2.24) is 5.32 Å². The predicted octanol–water partition coefficient (Wildman–Crippen LogP) is 3.23. The fourth-order valence-electron chi connectivity index (χ4n) is 1.62. The summed E-state index contributed by atoms with van der Waals surface area (Å²) in [6.45, 7) is 3.97. The van der Waals surface area contributed by atoms with Gasteiger partial charge < -0.3 is 10.1 Å². The van der Waals surface area contributed by atoms with Gasteiger partial charge in [0.2, 0.25) is 5.91 Å². The van der Waals surface area contributed by atoms with E-state index in [0.29, 0.717) is 6.42 Å². The van der Waals surface area contributed by atoms with Crippen molar-refractivity contribution in [1.29, 1.82) is 0 Å². The third-order valence-corrected chi connectivity index (χ3v) is 4.09. The fraction of sp³-hybridized carbons (Fsp3) is 0.429. The van der Waals surface area contributed by atoms with Crippen LogP contribution in [0.4, 0.5) is 0 Å². The minimum atomic E-state index is -0.604. The van der Waals surface area contributed by atoms with E-state index in [1.165, 1.54) is 24.5 Å². The highest BCUT2D eigenvalue weighted by Gasteiger charge is 2.21. The van der Waals surface area contributed by atoms with Crippen LogP contribution in [-0.4, -0.2) is 25.0 Å². The number of carbonyl (C=O) groups excluding carboxylic acids is 2. The van der Waals surface area contributed by atoms with E-state index in [1.807, 2.05) is 26.0 Å². The zero-order chi connectivity index (χ0) is 15.1. The van der Waals surface area contributed by atoms with Crippen molar-refractivity contribution in [3.8, 4) is 0 Å². The summed E-state index contributed by atoms with van der Waals surface area (Å²) in [4.78, 5) is 24.4. The molecular formula is C14H18BrNO3S. The normalized spacial score (nSPS) is 12.7. The monoisotopic (exact) mass is 359 g/mol. The van der Waals surface area contributed by atoms with E-state index in [4.69, 9.17) is 4.74 Å². The summed E-state index contributed by atoms with van der Waals surface area (Å²) in [7, 11) is 1.32. The highest BCUT2D eigenvalue weighted by atomic mass is 79.9. The maximum absolute atomic E-state index is 11.8. The van der Waals surface area contributed by atoms with Crippen LogP contribution in [0.25, 0.3) is 6.08 Å². The van der Waals surface area contributed by atoms with Crippen LogP contribution in [0.1, 0.15) is 25.1 Å². The minimum Gasteiger partial charge on any atom is -0.467 e. The first-order chi connectivity index (χ1) is 9.42. The molecule has 20 heavy (non-hydrogen) atoms. The summed E-state index contributed by atoms with van der Waals surface area (Å²) in [5.74, 6) is -0.429. The number of halogens is 1. The van der Waals surface area contributed by atoms with E-state index in [9.17, 15) is 9.59 Å². The molecule has 1 aromatic rings. The highest BCUT2D eigenvalue weighted by Crippen LogP contribution is 2.22. The topological polar surface area (TPSA) is 55.4 Å². The molecule has 0 aromatic carbocycles. The molecule has 0 saturated carbocycles. The zero-order valence-corrected chi connectivity index (χ0v) is 14.1.